The van der Waals surface area contributed by atoms with Gasteiger partial charge in [0.15, 0.2) is 0 Å². The molecule has 0 aliphatic carbocycles. The second-order valence-electron chi connectivity index (χ2n) is 6.46. The average Bonchev–Trinajstić information content (AvgIpc) is 3.16. The molecule has 2 aromatic heterocycles. The third kappa shape index (κ3) is 3.27. The minimum absolute atomic E-state index is 0.231. The molecule has 1 aliphatic rings. The normalized spacial score (nSPS) is 14.7. The van der Waals surface area contributed by atoms with Crippen LogP contribution in [0.25, 0.3) is 21.8 Å². The summed E-state index contributed by atoms with van der Waals surface area (Å²) in [5.41, 5.74) is 5.50. The van der Waals surface area contributed by atoms with Crippen molar-refractivity contribution in [2.24, 2.45) is 0 Å². The van der Waals surface area contributed by atoms with Crippen LogP contribution in [-0.2, 0) is 11.2 Å². The third-order valence-corrected chi connectivity index (χ3v) is 5.69. The molecule has 132 valence electrons. The first-order valence-corrected chi connectivity index (χ1v) is 9.94. The van der Waals surface area contributed by atoms with Crippen molar-refractivity contribution in [1.82, 2.24) is 9.97 Å². The van der Waals surface area contributed by atoms with Gasteiger partial charge in [-0.25, -0.2) is 4.98 Å². The van der Waals surface area contributed by atoms with Gasteiger partial charge in [0.1, 0.15) is 5.01 Å². The summed E-state index contributed by atoms with van der Waals surface area (Å²) in [4.78, 5) is 23.2. The topological polar surface area (TPSA) is 46.1 Å². The molecule has 0 saturated heterocycles. The van der Waals surface area contributed by atoms with E-state index >= 15 is 0 Å². The number of benzene rings is 1. The van der Waals surface area contributed by atoms with Gasteiger partial charge >= 0.3 is 0 Å². The summed E-state index contributed by atoms with van der Waals surface area (Å²) in [5.74, 6) is 0.231. The molecule has 4 rings (SSSR count). The second kappa shape index (κ2) is 7.38. The molecule has 26 heavy (non-hydrogen) atoms. The lowest BCUT2D eigenvalue weighted by molar-refractivity contribution is -0.118. The maximum atomic E-state index is 12.4. The highest BCUT2D eigenvalue weighted by Gasteiger charge is 2.20. The molecule has 0 spiro atoms. The highest BCUT2D eigenvalue weighted by atomic mass is 32.1. The first kappa shape index (κ1) is 16.9. The molecule has 0 radical (unpaired) electrons. The Balaban J connectivity index is 1.70. The monoisotopic (exact) mass is 363 g/mol. The smallest absolute Gasteiger partial charge is 0.226 e. The van der Waals surface area contributed by atoms with E-state index in [0.29, 0.717) is 13.0 Å². The van der Waals surface area contributed by atoms with Gasteiger partial charge in [-0.15, -0.1) is 11.3 Å². The number of rotatable bonds is 3. The zero-order chi connectivity index (χ0) is 17.9. The van der Waals surface area contributed by atoms with Crippen LogP contribution in [-0.4, -0.2) is 22.4 Å². The maximum absolute atomic E-state index is 12.4. The fourth-order valence-electron chi connectivity index (χ4n) is 3.45. The van der Waals surface area contributed by atoms with Crippen LogP contribution in [0.4, 0.5) is 5.69 Å². The largest absolute Gasteiger partial charge is 0.312 e. The molecule has 0 atom stereocenters. The number of hydrogen-bond acceptors (Lipinski definition) is 4. The van der Waals surface area contributed by atoms with Crippen molar-refractivity contribution in [2.75, 3.05) is 11.4 Å². The number of amides is 1. The van der Waals surface area contributed by atoms with E-state index in [1.165, 1.54) is 5.56 Å². The molecule has 0 bridgehead atoms. The molecule has 3 aromatic rings. The number of hydrogen-bond donors (Lipinski definition) is 0. The lowest BCUT2D eigenvalue weighted by Crippen LogP contribution is -2.32. The van der Waals surface area contributed by atoms with Gasteiger partial charge < -0.3 is 4.90 Å². The Kier molecular flexibility index (Phi) is 4.80. The van der Waals surface area contributed by atoms with Crippen LogP contribution in [0.15, 0.2) is 48.1 Å². The summed E-state index contributed by atoms with van der Waals surface area (Å²) >= 11 is 1.64. The number of anilines is 1. The lowest BCUT2D eigenvalue weighted by Gasteiger charge is -2.26. The van der Waals surface area contributed by atoms with E-state index in [0.717, 1.165) is 46.8 Å². The summed E-state index contributed by atoms with van der Waals surface area (Å²) in [7, 11) is 0. The van der Waals surface area contributed by atoms with E-state index < -0.39 is 0 Å². The Hall–Kier alpha value is -2.53. The first-order valence-electron chi connectivity index (χ1n) is 9.06. The highest BCUT2D eigenvalue weighted by Crippen LogP contribution is 2.33. The van der Waals surface area contributed by atoms with Gasteiger partial charge in [0, 0.05) is 47.6 Å². The van der Waals surface area contributed by atoms with Crippen molar-refractivity contribution in [3.05, 3.63) is 53.7 Å². The molecular formula is C21H21N3OS. The second-order valence-corrected chi connectivity index (χ2v) is 7.32. The fraction of sp³-hybridized carbons (Fsp3) is 0.286. The Morgan fingerprint density at radius 1 is 1.08 bits per heavy atom. The summed E-state index contributed by atoms with van der Waals surface area (Å²) in [6.45, 7) is 2.76. The summed E-state index contributed by atoms with van der Waals surface area (Å²) < 4.78 is 0. The third-order valence-electron chi connectivity index (χ3n) is 4.80. The maximum Gasteiger partial charge on any atom is 0.226 e. The fourth-order valence-corrected chi connectivity index (χ4v) is 4.28. The van der Waals surface area contributed by atoms with E-state index in [4.69, 9.17) is 4.98 Å². The van der Waals surface area contributed by atoms with Gasteiger partial charge in [-0.1, -0.05) is 6.07 Å². The first-order chi connectivity index (χ1) is 12.8. The Bertz CT molecular complexity index is 920. The zero-order valence-electron chi connectivity index (χ0n) is 14.8. The van der Waals surface area contributed by atoms with Gasteiger partial charge in [-0.2, -0.15) is 0 Å². The van der Waals surface area contributed by atoms with Crippen LogP contribution >= 0.6 is 11.3 Å². The number of carbonyl (C=O) groups is 1. The standard InChI is InChI=1S/C21H21N3OS/c1-2-24-19-8-7-16(13-17(19)5-3-4-6-20(24)25)18-14-26-21(23-18)15-9-11-22-12-10-15/h7-14H,2-6H2,1H3. The number of aromatic nitrogens is 2. The van der Waals surface area contributed by atoms with Gasteiger partial charge in [0.2, 0.25) is 5.91 Å². The van der Waals surface area contributed by atoms with E-state index in [9.17, 15) is 4.79 Å². The minimum Gasteiger partial charge on any atom is -0.312 e. The van der Waals surface area contributed by atoms with Gasteiger partial charge in [-0.05, 0) is 56.0 Å². The molecule has 4 nitrogen and oxygen atoms in total. The van der Waals surface area contributed by atoms with Gasteiger partial charge in [0.25, 0.3) is 0 Å². The summed E-state index contributed by atoms with van der Waals surface area (Å²) in [5, 5.41) is 3.10. The molecule has 1 amide bonds. The molecule has 5 heteroatoms. The van der Waals surface area contributed by atoms with Crippen LogP contribution in [0.3, 0.4) is 0 Å². The van der Waals surface area contributed by atoms with E-state index in [-0.39, 0.29) is 5.91 Å². The molecule has 1 aromatic carbocycles. The number of thiazole rings is 1. The van der Waals surface area contributed by atoms with Crippen molar-refractivity contribution >= 4 is 22.9 Å². The van der Waals surface area contributed by atoms with Gasteiger partial charge in [0.05, 0.1) is 5.69 Å². The molecule has 0 unspecified atom stereocenters. The lowest BCUT2D eigenvalue weighted by atomic mass is 9.98. The predicted octanol–water partition coefficient (Wildman–Crippen LogP) is 4.95. The molecular weight excluding hydrogens is 342 g/mol. The van der Waals surface area contributed by atoms with E-state index in [1.807, 2.05) is 24.0 Å². The van der Waals surface area contributed by atoms with Crippen LogP contribution in [0.1, 0.15) is 31.7 Å². The molecule has 0 fully saturated rings. The highest BCUT2D eigenvalue weighted by molar-refractivity contribution is 7.13. The van der Waals surface area contributed by atoms with Gasteiger partial charge in [-0.3, -0.25) is 9.78 Å². The van der Waals surface area contributed by atoms with Crippen LogP contribution in [0.2, 0.25) is 0 Å². The zero-order valence-corrected chi connectivity index (χ0v) is 15.6. The number of aryl methyl sites for hydroxylation is 1. The predicted molar refractivity (Wildman–Crippen MR) is 106 cm³/mol. The van der Waals surface area contributed by atoms with Crippen molar-refractivity contribution in [3.8, 4) is 21.8 Å². The Morgan fingerprint density at radius 3 is 2.69 bits per heavy atom. The van der Waals surface area contributed by atoms with Crippen molar-refractivity contribution in [3.63, 3.8) is 0 Å². The van der Waals surface area contributed by atoms with Crippen molar-refractivity contribution in [1.29, 1.82) is 0 Å². The summed E-state index contributed by atoms with van der Waals surface area (Å²) in [6.07, 6.45) is 7.25. The molecule has 1 aliphatic heterocycles. The van der Waals surface area contributed by atoms with Crippen LogP contribution in [0.5, 0.6) is 0 Å². The number of carbonyl (C=O) groups excluding carboxylic acids is 1. The van der Waals surface area contributed by atoms with Crippen molar-refractivity contribution < 1.29 is 4.79 Å². The number of pyridine rings is 1. The van der Waals surface area contributed by atoms with E-state index in [2.05, 4.69) is 28.6 Å². The molecule has 0 saturated carbocycles. The summed E-state index contributed by atoms with van der Waals surface area (Å²) in [6, 6.07) is 10.3. The Morgan fingerprint density at radius 2 is 1.88 bits per heavy atom. The molecule has 3 heterocycles. The minimum atomic E-state index is 0.231. The molecule has 0 N–H and O–H groups in total. The quantitative estimate of drug-likeness (QED) is 0.661. The van der Waals surface area contributed by atoms with E-state index in [1.54, 1.807) is 23.7 Å². The van der Waals surface area contributed by atoms with Crippen LogP contribution in [0, 0.1) is 0 Å². The average molecular weight is 363 g/mol. The SMILES string of the molecule is CCN1C(=O)CCCCc2cc(-c3csc(-c4ccncc4)n3)ccc21. The number of nitrogens with zero attached hydrogens (tertiary/aromatic N) is 3. The Labute approximate surface area is 157 Å². The van der Waals surface area contributed by atoms with Crippen molar-refractivity contribution in [2.45, 2.75) is 32.6 Å². The van der Waals surface area contributed by atoms with Crippen LogP contribution < -0.4 is 4.90 Å². The number of fused-ring (bicyclic) bond motifs is 1.